The number of carbonyl (C=O) groups excluding carboxylic acids is 1. The maximum Gasteiger partial charge on any atom is 0.230 e. The molecule has 2 N–H and O–H groups in total. The summed E-state index contributed by atoms with van der Waals surface area (Å²) < 4.78 is 22.9. The van der Waals surface area contributed by atoms with Crippen LogP contribution in [0.4, 0.5) is 0 Å². The first-order valence-electron chi connectivity index (χ1n) is 6.47. The molecule has 0 radical (unpaired) electrons. The van der Waals surface area contributed by atoms with Crippen LogP contribution in [0.15, 0.2) is 0 Å². The monoisotopic (exact) mass is 274 g/mol. The van der Waals surface area contributed by atoms with Gasteiger partial charge in [0, 0.05) is 19.6 Å². The molecule has 2 aliphatic rings. The summed E-state index contributed by atoms with van der Waals surface area (Å²) in [4.78, 5) is 14.1. The quantitative estimate of drug-likeness (QED) is 0.786. The van der Waals surface area contributed by atoms with Crippen LogP contribution in [0.2, 0.25) is 0 Å². The lowest BCUT2D eigenvalue weighted by molar-refractivity contribution is -0.150. The van der Waals surface area contributed by atoms with Crippen molar-refractivity contribution in [2.75, 3.05) is 25.1 Å². The maximum absolute atomic E-state index is 12.5. The van der Waals surface area contributed by atoms with Crippen LogP contribution >= 0.6 is 0 Å². The van der Waals surface area contributed by atoms with Gasteiger partial charge in [0.15, 0.2) is 9.84 Å². The lowest BCUT2D eigenvalue weighted by Gasteiger charge is -2.47. The van der Waals surface area contributed by atoms with Gasteiger partial charge in [-0.05, 0) is 25.2 Å². The first-order chi connectivity index (χ1) is 8.30. The molecule has 1 aliphatic carbocycles. The summed E-state index contributed by atoms with van der Waals surface area (Å²) >= 11 is 0. The van der Waals surface area contributed by atoms with Crippen LogP contribution in [-0.2, 0) is 14.6 Å². The molecular formula is C12H22N2O3S. The largest absolute Gasteiger partial charge is 0.341 e. The van der Waals surface area contributed by atoms with Crippen molar-refractivity contribution in [3.8, 4) is 0 Å². The molecule has 104 valence electrons. The zero-order valence-electron chi connectivity index (χ0n) is 11.1. The molecule has 0 spiro atoms. The van der Waals surface area contributed by atoms with Crippen molar-refractivity contribution >= 4 is 15.7 Å². The fraction of sp³-hybridized carbons (Fsp3) is 0.917. The molecule has 1 aliphatic heterocycles. The highest BCUT2D eigenvalue weighted by Gasteiger charge is 2.50. The number of amides is 1. The van der Waals surface area contributed by atoms with E-state index in [0.29, 0.717) is 18.9 Å². The highest BCUT2D eigenvalue weighted by Crippen LogP contribution is 2.46. The highest BCUT2D eigenvalue weighted by atomic mass is 32.2. The number of sulfone groups is 1. The first kappa shape index (κ1) is 13.8. The van der Waals surface area contributed by atoms with Crippen LogP contribution in [0.25, 0.3) is 0 Å². The Kier molecular flexibility index (Phi) is 3.44. The second kappa shape index (κ2) is 4.49. The molecule has 0 aromatic carbocycles. The van der Waals surface area contributed by atoms with E-state index in [1.54, 1.807) is 11.9 Å². The minimum absolute atomic E-state index is 0.0326. The molecular weight excluding hydrogens is 252 g/mol. The van der Waals surface area contributed by atoms with Gasteiger partial charge in [-0.3, -0.25) is 4.79 Å². The van der Waals surface area contributed by atoms with Crippen molar-refractivity contribution in [1.82, 2.24) is 4.90 Å². The lowest BCUT2D eigenvalue weighted by atomic mass is 9.61. The topological polar surface area (TPSA) is 80.5 Å². The zero-order valence-corrected chi connectivity index (χ0v) is 11.9. The van der Waals surface area contributed by atoms with Crippen LogP contribution in [0.1, 0.15) is 26.2 Å². The summed E-state index contributed by atoms with van der Waals surface area (Å²) in [5.74, 6) is 0.871. The average molecular weight is 274 g/mol. The zero-order chi connectivity index (χ0) is 13.6. The summed E-state index contributed by atoms with van der Waals surface area (Å²) in [5.41, 5.74) is 5.33. The van der Waals surface area contributed by atoms with Crippen LogP contribution in [-0.4, -0.2) is 50.4 Å². The third kappa shape index (κ3) is 2.28. The van der Waals surface area contributed by atoms with Crippen molar-refractivity contribution in [2.45, 2.75) is 32.2 Å². The molecule has 2 fully saturated rings. The number of hydrogen-bond donors (Lipinski definition) is 1. The Morgan fingerprint density at radius 3 is 2.44 bits per heavy atom. The lowest BCUT2D eigenvalue weighted by Crippen LogP contribution is -2.56. The van der Waals surface area contributed by atoms with Crippen molar-refractivity contribution in [3.63, 3.8) is 0 Å². The maximum atomic E-state index is 12.5. The Bertz CT molecular complexity index is 440. The summed E-state index contributed by atoms with van der Waals surface area (Å²) in [6.07, 6.45) is 2.21. The molecule has 1 amide bonds. The van der Waals surface area contributed by atoms with Crippen LogP contribution < -0.4 is 5.73 Å². The molecule has 5 nitrogen and oxygen atoms in total. The normalized spacial score (nSPS) is 38.2. The van der Waals surface area contributed by atoms with Crippen molar-refractivity contribution in [2.24, 2.45) is 17.1 Å². The van der Waals surface area contributed by atoms with Gasteiger partial charge in [-0.1, -0.05) is 6.92 Å². The van der Waals surface area contributed by atoms with Gasteiger partial charge in [-0.15, -0.1) is 0 Å². The van der Waals surface area contributed by atoms with Crippen LogP contribution in [0.3, 0.4) is 0 Å². The van der Waals surface area contributed by atoms with Gasteiger partial charge >= 0.3 is 0 Å². The Labute approximate surface area is 109 Å². The van der Waals surface area contributed by atoms with Crippen LogP contribution in [0.5, 0.6) is 0 Å². The summed E-state index contributed by atoms with van der Waals surface area (Å²) in [6.45, 7) is 2.47. The summed E-state index contributed by atoms with van der Waals surface area (Å²) in [6, 6.07) is -0.165. The molecule has 2 rings (SSSR count). The van der Waals surface area contributed by atoms with Gasteiger partial charge in [0.05, 0.1) is 16.9 Å². The minimum Gasteiger partial charge on any atom is -0.341 e. The van der Waals surface area contributed by atoms with Gasteiger partial charge in [0.2, 0.25) is 5.91 Å². The van der Waals surface area contributed by atoms with E-state index >= 15 is 0 Å². The first-order valence-corrected chi connectivity index (χ1v) is 8.29. The van der Waals surface area contributed by atoms with Gasteiger partial charge < -0.3 is 10.6 Å². The van der Waals surface area contributed by atoms with Crippen LogP contribution in [0, 0.1) is 11.3 Å². The standard InChI is InChI=1S/C12H22N2O3S/c1-9-5-12(6-9,8-13)11(15)14(2)10-3-4-18(16,17)7-10/h9-10H,3-8,13H2,1-2H3. The second-order valence-electron chi connectivity index (χ2n) is 5.97. The highest BCUT2D eigenvalue weighted by molar-refractivity contribution is 7.91. The Morgan fingerprint density at radius 2 is 2.06 bits per heavy atom. The van der Waals surface area contributed by atoms with E-state index < -0.39 is 15.3 Å². The average Bonchev–Trinajstić information content (AvgIpc) is 2.63. The second-order valence-corrected chi connectivity index (χ2v) is 8.20. The Hall–Kier alpha value is -0.620. The molecule has 1 saturated heterocycles. The van der Waals surface area contributed by atoms with Crippen molar-refractivity contribution < 1.29 is 13.2 Å². The molecule has 0 aromatic rings. The van der Waals surface area contributed by atoms with E-state index in [-0.39, 0.29) is 23.5 Å². The number of hydrogen-bond acceptors (Lipinski definition) is 4. The number of nitrogens with zero attached hydrogens (tertiary/aromatic N) is 1. The van der Waals surface area contributed by atoms with Crippen molar-refractivity contribution in [1.29, 1.82) is 0 Å². The summed E-state index contributed by atoms with van der Waals surface area (Å²) in [7, 11) is -1.23. The molecule has 0 bridgehead atoms. The third-order valence-corrected chi connectivity index (χ3v) is 6.15. The molecule has 18 heavy (non-hydrogen) atoms. The Balaban J connectivity index is 2.05. The fourth-order valence-electron chi connectivity index (χ4n) is 3.32. The summed E-state index contributed by atoms with van der Waals surface area (Å²) in [5, 5.41) is 0. The van der Waals surface area contributed by atoms with Gasteiger partial charge in [0.25, 0.3) is 0 Å². The molecule has 6 heteroatoms. The van der Waals surface area contributed by atoms with E-state index in [1.165, 1.54) is 0 Å². The van der Waals surface area contributed by atoms with Gasteiger partial charge in [0.1, 0.15) is 0 Å². The van der Waals surface area contributed by atoms with E-state index in [2.05, 4.69) is 6.92 Å². The number of carbonyl (C=O) groups is 1. The smallest absolute Gasteiger partial charge is 0.230 e. The van der Waals surface area contributed by atoms with Gasteiger partial charge in [-0.25, -0.2) is 8.42 Å². The third-order valence-electron chi connectivity index (χ3n) is 4.40. The molecule has 1 saturated carbocycles. The van der Waals surface area contributed by atoms with E-state index in [4.69, 9.17) is 5.73 Å². The molecule has 1 atom stereocenters. The predicted molar refractivity (Wildman–Crippen MR) is 69.7 cm³/mol. The number of rotatable bonds is 3. The van der Waals surface area contributed by atoms with Gasteiger partial charge in [-0.2, -0.15) is 0 Å². The van der Waals surface area contributed by atoms with E-state index in [9.17, 15) is 13.2 Å². The number of nitrogens with two attached hydrogens (primary N) is 1. The Morgan fingerprint density at radius 1 is 1.44 bits per heavy atom. The molecule has 1 unspecified atom stereocenters. The SMILES string of the molecule is CC1CC(CN)(C(=O)N(C)C2CCS(=O)(=O)C2)C1. The molecule has 0 aromatic heterocycles. The minimum atomic E-state index is -2.95. The van der Waals surface area contributed by atoms with E-state index in [0.717, 1.165) is 12.8 Å². The molecule has 1 heterocycles. The van der Waals surface area contributed by atoms with E-state index in [1.807, 2.05) is 0 Å². The fourth-order valence-corrected chi connectivity index (χ4v) is 5.10. The predicted octanol–water partition coefficient (Wildman–Crippen LogP) is 0.00690. The van der Waals surface area contributed by atoms with Crippen molar-refractivity contribution in [3.05, 3.63) is 0 Å².